The van der Waals surface area contributed by atoms with Crippen molar-refractivity contribution in [3.63, 3.8) is 0 Å². The van der Waals surface area contributed by atoms with E-state index in [9.17, 15) is 19.2 Å². The maximum atomic E-state index is 12.7. The fraction of sp³-hybridized carbons (Fsp3) is 0.290. The summed E-state index contributed by atoms with van der Waals surface area (Å²) in [6, 6.07) is 23.3. The van der Waals surface area contributed by atoms with Gasteiger partial charge in [-0.25, -0.2) is 4.79 Å². The largest absolute Gasteiger partial charge is 0.454 e. The van der Waals surface area contributed by atoms with Crippen LogP contribution >= 0.6 is 0 Å². The number of carbonyl (C=O) groups excluding carboxylic acids is 4. The molecule has 2 heterocycles. The van der Waals surface area contributed by atoms with E-state index in [0.29, 0.717) is 24.4 Å². The molecule has 200 valence electrons. The lowest BCUT2D eigenvalue weighted by molar-refractivity contribution is -0.163. The Bertz CT molecular complexity index is 1340. The maximum absolute atomic E-state index is 12.7. The van der Waals surface area contributed by atoms with E-state index in [4.69, 9.17) is 9.47 Å². The summed E-state index contributed by atoms with van der Waals surface area (Å²) in [5.74, 6) is -1.41. The highest BCUT2D eigenvalue weighted by atomic mass is 16.5. The molecule has 5 rings (SSSR count). The van der Waals surface area contributed by atoms with Crippen LogP contribution in [0, 0.1) is 0 Å². The molecule has 2 aliphatic heterocycles. The van der Waals surface area contributed by atoms with Gasteiger partial charge in [0.05, 0.1) is 24.6 Å². The number of carbonyl (C=O) groups is 4. The van der Waals surface area contributed by atoms with E-state index in [1.165, 1.54) is 12.1 Å². The first-order valence-corrected chi connectivity index (χ1v) is 13.2. The number of Topliss-reactive ketones (excluding diaryl/α,β-unsaturated/α-hetero) is 1. The first-order chi connectivity index (χ1) is 19.0. The van der Waals surface area contributed by atoms with Gasteiger partial charge < -0.3 is 19.7 Å². The second kappa shape index (κ2) is 12.0. The number of esters is 1. The molecule has 2 fully saturated rings. The molecule has 1 N–H and O–H groups in total. The molecule has 2 unspecified atom stereocenters. The molecule has 0 spiro atoms. The van der Waals surface area contributed by atoms with Gasteiger partial charge in [0.15, 0.2) is 12.4 Å². The average molecular weight is 527 g/mol. The predicted molar refractivity (Wildman–Crippen MR) is 145 cm³/mol. The maximum Gasteiger partial charge on any atom is 0.338 e. The average Bonchev–Trinajstić information content (AvgIpc) is 2.98. The third-order valence-electron chi connectivity index (χ3n) is 7.10. The number of piperidine rings is 1. The number of nitrogens with zero attached hydrogens (tertiary/aromatic N) is 1. The molecule has 2 aliphatic rings. The molecule has 2 saturated heterocycles. The van der Waals surface area contributed by atoms with Crippen LogP contribution < -0.4 is 5.32 Å². The third-order valence-corrected chi connectivity index (χ3v) is 7.10. The van der Waals surface area contributed by atoms with Crippen molar-refractivity contribution in [3.8, 4) is 11.1 Å². The molecule has 0 radical (unpaired) electrons. The summed E-state index contributed by atoms with van der Waals surface area (Å²) in [4.78, 5) is 52.0. The lowest BCUT2D eigenvalue weighted by Crippen LogP contribution is -2.56. The van der Waals surface area contributed by atoms with Gasteiger partial charge in [0, 0.05) is 17.8 Å². The second-order valence-corrected chi connectivity index (χ2v) is 9.78. The van der Waals surface area contributed by atoms with Gasteiger partial charge in [-0.2, -0.15) is 0 Å². The van der Waals surface area contributed by atoms with E-state index in [1.54, 1.807) is 24.3 Å². The highest BCUT2D eigenvalue weighted by Crippen LogP contribution is 2.25. The van der Waals surface area contributed by atoms with Gasteiger partial charge in [0.2, 0.25) is 5.91 Å². The normalized spacial score (nSPS) is 18.7. The quantitative estimate of drug-likeness (QED) is 0.343. The molecule has 8 heteroatoms. The molecule has 2 atom stereocenters. The Balaban J connectivity index is 1.09. The minimum atomic E-state index is -0.777. The molecule has 39 heavy (non-hydrogen) atoms. The van der Waals surface area contributed by atoms with Crippen LogP contribution in [0.5, 0.6) is 0 Å². The zero-order valence-electron chi connectivity index (χ0n) is 21.5. The standard InChI is InChI=1S/C31H30N2O6/c34-27(23-11-9-22(10-12-23)21-6-2-1-3-7-21)20-39-31(37)24-13-15-25(16-14-24)32-29(35)18-28-30(36)33-17-5-4-8-26(33)19-38-28/h1-3,6-7,9-16,26,28H,4-5,8,17-20H2,(H,32,35). The number of amides is 2. The van der Waals surface area contributed by atoms with Crippen LogP contribution in [0.3, 0.4) is 0 Å². The first kappa shape index (κ1) is 26.3. The molecule has 0 saturated carbocycles. The molecule has 3 aromatic rings. The summed E-state index contributed by atoms with van der Waals surface area (Å²) in [5, 5.41) is 2.74. The minimum absolute atomic E-state index is 0.0692. The van der Waals surface area contributed by atoms with E-state index in [-0.39, 0.29) is 42.2 Å². The number of ether oxygens (including phenoxy) is 2. The SMILES string of the molecule is O=C(CC1OCC2CCCCN2C1=O)Nc1ccc(C(=O)OCC(=O)c2ccc(-c3ccccc3)cc2)cc1. The third kappa shape index (κ3) is 6.41. The number of morpholine rings is 1. The van der Waals surface area contributed by atoms with Crippen LogP contribution in [0.25, 0.3) is 11.1 Å². The summed E-state index contributed by atoms with van der Waals surface area (Å²) in [6.45, 7) is 0.798. The monoisotopic (exact) mass is 526 g/mol. The molecular weight excluding hydrogens is 496 g/mol. The van der Waals surface area contributed by atoms with Crippen LogP contribution in [0.2, 0.25) is 0 Å². The Kier molecular flexibility index (Phi) is 8.13. The van der Waals surface area contributed by atoms with Crippen LogP contribution in [-0.4, -0.2) is 60.4 Å². The van der Waals surface area contributed by atoms with Gasteiger partial charge in [-0.1, -0.05) is 54.6 Å². The van der Waals surface area contributed by atoms with Gasteiger partial charge >= 0.3 is 5.97 Å². The van der Waals surface area contributed by atoms with Crippen molar-refractivity contribution in [1.82, 2.24) is 4.90 Å². The number of nitrogens with one attached hydrogen (secondary N) is 1. The zero-order chi connectivity index (χ0) is 27.2. The summed E-state index contributed by atoms with van der Waals surface area (Å²) in [5.41, 5.74) is 3.22. The van der Waals surface area contributed by atoms with Crippen molar-refractivity contribution < 1.29 is 28.7 Å². The Hall–Kier alpha value is -4.30. The fourth-order valence-corrected chi connectivity index (χ4v) is 4.94. The molecule has 8 nitrogen and oxygen atoms in total. The van der Waals surface area contributed by atoms with E-state index in [1.807, 2.05) is 47.4 Å². The van der Waals surface area contributed by atoms with Crippen LogP contribution in [-0.2, 0) is 19.1 Å². The van der Waals surface area contributed by atoms with Gasteiger partial charge in [0.1, 0.15) is 6.10 Å². The summed E-state index contributed by atoms with van der Waals surface area (Å²) >= 11 is 0. The van der Waals surface area contributed by atoms with Crippen LogP contribution in [0.15, 0.2) is 78.9 Å². The van der Waals surface area contributed by atoms with Crippen molar-refractivity contribution >= 4 is 29.3 Å². The number of hydrogen-bond acceptors (Lipinski definition) is 6. The highest BCUT2D eigenvalue weighted by Gasteiger charge is 2.38. The Morgan fingerprint density at radius 3 is 2.31 bits per heavy atom. The predicted octanol–water partition coefficient (Wildman–Crippen LogP) is 4.50. The molecule has 0 aliphatic carbocycles. The minimum Gasteiger partial charge on any atom is -0.454 e. The number of hydrogen-bond donors (Lipinski definition) is 1. The van der Waals surface area contributed by atoms with Crippen molar-refractivity contribution in [2.24, 2.45) is 0 Å². The Morgan fingerprint density at radius 1 is 0.872 bits per heavy atom. The topological polar surface area (TPSA) is 102 Å². The number of rotatable bonds is 8. The smallest absolute Gasteiger partial charge is 0.338 e. The van der Waals surface area contributed by atoms with E-state index < -0.39 is 12.1 Å². The molecule has 3 aromatic carbocycles. The summed E-state index contributed by atoms with van der Waals surface area (Å²) in [7, 11) is 0. The molecular formula is C31H30N2O6. The number of anilines is 1. The van der Waals surface area contributed by atoms with Gasteiger partial charge in [-0.15, -0.1) is 0 Å². The summed E-state index contributed by atoms with van der Waals surface area (Å²) < 4.78 is 10.9. The van der Waals surface area contributed by atoms with Crippen LogP contribution in [0.4, 0.5) is 5.69 Å². The van der Waals surface area contributed by atoms with Gasteiger partial charge in [-0.05, 0) is 54.7 Å². The lowest BCUT2D eigenvalue weighted by Gasteiger charge is -2.41. The molecule has 2 amide bonds. The highest BCUT2D eigenvalue weighted by molar-refractivity contribution is 6.00. The van der Waals surface area contributed by atoms with E-state index in [0.717, 1.165) is 30.4 Å². The number of benzene rings is 3. The van der Waals surface area contributed by atoms with Crippen LogP contribution in [0.1, 0.15) is 46.4 Å². The van der Waals surface area contributed by atoms with Crippen molar-refractivity contribution in [1.29, 1.82) is 0 Å². The molecule has 0 bridgehead atoms. The Morgan fingerprint density at radius 2 is 1.56 bits per heavy atom. The van der Waals surface area contributed by atoms with Crippen molar-refractivity contribution in [2.75, 3.05) is 25.1 Å². The van der Waals surface area contributed by atoms with E-state index >= 15 is 0 Å². The number of ketones is 1. The van der Waals surface area contributed by atoms with Gasteiger partial charge in [0.25, 0.3) is 5.91 Å². The van der Waals surface area contributed by atoms with Crippen molar-refractivity contribution in [3.05, 3.63) is 90.0 Å². The van der Waals surface area contributed by atoms with E-state index in [2.05, 4.69) is 5.32 Å². The fourth-order valence-electron chi connectivity index (χ4n) is 4.94. The number of fused-ring (bicyclic) bond motifs is 1. The first-order valence-electron chi connectivity index (χ1n) is 13.2. The second-order valence-electron chi connectivity index (χ2n) is 9.78. The van der Waals surface area contributed by atoms with Crippen molar-refractivity contribution in [2.45, 2.75) is 37.8 Å². The van der Waals surface area contributed by atoms with Gasteiger partial charge in [-0.3, -0.25) is 14.4 Å². The lowest BCUT2D eigenvalue weighted by atomic mass is 9.99. The Labute approximate surface area is 226 Å². The molecule has 0 aromatic heterocycles. The zero-order valence-corrected chi connectivity index (χ0v) is 21.5. The summed E-state index contributed by atoms with van der Waals surface area (Å²) in [6.07, 6.45) is 2.16.